The van der Waals surface area contributed by atoms with Gasteiger partial charge in [0, 0.05) is 30.7 Å². The van der Waals surface area contributed by atoms with E-state index >= 15 is 0 Å². The van der Waals surface area contributed by atoms with E-state index in [1.165, 1.54) is 12.1 Å². The molecular formula is C31H31FN2O5. The van der Waals surface area contributed by atoms with Gasteiger partial charge >= 0.3 is 5.97 Å². The van der Waals surface area contributed by atoms with Gasteiger partial charge < -0.3 is 19.9 Å². The summed E-state index contributed by atoms with van der Waals surface area (Å²) in [6.07, 6.45) is 2.57. The van der Waals surface area contributed by atoms with Crippen LogP contribution in [0.15, 0.2) is 66.7 Å². The summed E-state index contributed by atoms with van der Waals surface area (Å²) in [7, 11) is 0. The molecule has 2 N–H and O–H groups in total. The number of ether oxygens (including phenoxy) is 2. The predicted octanol–water partition coefficient (Wildman–Crippen LogP) is 5.21. The molecule has 39 heavy (non-hydrogen) atoms. The van der Waals surface area contributed by atoms with Crippen molar-refractivity contribution in [1.82, 2.24) is 5.32 Å². The topological polar surface area (TPSA) is 109 Å². The highest BCUT2D eigenvalue weighted by atomic mass is 19.1. The summed E-state index contributed by atoms with van der Waals surface area (Å²) >= 11 is 0. The molecule has 7 nitrogen and oxygen atoms in total. The maximum absolute atomic E-state index is 13.7. The average Bonchev–Trinajstić information content (AvgIpc) is 2.94. The van der Waals surface area contributed by atoms with Gasteiger partial charge in [0.15, 0.2) is 0 Å². The maximum Gasteiger partial charge on any atom is 0.303 e. The first kappa shape index (κ1) is 27.8. The summed E-state index contributed by atoms with van der Waals surface area (Å²) in [6.45, 7) is 1.18. The first-order chi connectivity index (χ1) is 18.9. The van der Waals surface area contributed by atoms with Crippen molar-refractivity contribution < 1.29 is 28.6 Å². The SMILES string of the molecule is N#Cc1cccc(OCc2ccc(CCC(=O)O)c(C(=O)NC3(CCc4cccc(F)c4)CCOCC3)c2)c1. The third kappa shape index (κ3) is 7.88. The van der Waals surface area contributed by atoms with Crippen LogP contribution in [-0.4, -0.2) is 35.7 Å². The standard InChI is InChI=1S/C31H31FN2O5/c32-26-5-1-3-22(17-26)11-12-31(13-15-38-16-14-31)34-30(37)28-19-24(7-8-25(28)9-10-29(35)36)21-39-27-6-2-4-23(18-27)20-33/h1-8,17-19H,9-16,21H2,(H,34,37)(H,35,36). The van der Waals surface area contributed by atoms with Gasteiger partial charge in [0.05, 0.1) is 11.6 Å². The van der Waals surface area contributed by atoms with Crippen molar-refractivity contribution in [3.05, 3.63) is 100 Å². The van der Waals surface area contributed by atoms with Gasteiger partial charge in [-0.1, -0.05) is 30.3 Å². The number of nitrogens with one attached hydrogen (secondary N) is 1. The Morgan fingerprint density at radius 1 is 1.03 bits per heavy atom. The number of nitriles is 1. The van der Waals surface area contributed by atoms with Crippen molar-refractivity contribution in [1.29, 1.82) is 5.26 Å². The Labute approximate surface area is 227 Å². The van der Waals surface area contributed by atoms with Crippen molar-refractivity contribution in [2.45, 2.75) is 50.7 Å². The molecule has 1 saturated heterocycles. The van der Waals surface area contributed by atoms with Gasteiger partial charge in [0.1, 0.15) is 18.2 Å². The number of carboxylic acid groups (broad SMARTS) is 1. The molecule has 202 valence electrons. The van der Waals surface area contributed by atoms with Crippen LogP contribution in [0, 0.1) is 17.1 Å². The molecule has 3 aromatic carbocycles. The molecule has 0 aliphatic carbocycles. The normalized spacial score (nSPS) is 14.3. The predicted molar refractivity (Wildman–Crippen MR) is 143 cm³/mol. The molecule has 0 bridgehead atoms. The maximum atomic E-state index is 13.7. The van der Waals surface area contributed by atoms with Crippen LogP contribution in [0.1, 0.15) is 58.3 Å². The second-order valence-corrected chi connectivity index (χ2v) is 9.79. The van der Waals surface area contributed by atoms with Crippen molar-refractivity contribution in [3.63, 3.8) is 0 Å². The lowest BCUT2D eigenvalue weighted by Gasteiger charge is -2.38. The van der Waals surface area contributed by atoms with Crippen molar-refractivity contribution >= 4 is 11.9 Å². The molecule has 8 heteroatoms. The monoisotopic (exact) mass is 530 g/mol. The first-order valence-electron chi connectivity index (χ1n) is 13.0. The van der Waals surface area contributed by atoms with Crippen LogP contribution in [0.4, 0.5) is 4.39 Å². The number of hydrogen-bond acceptors (Lipinski definition) is 5. The van der Waals surface area contributed by atoms with E-state index in [1.807, 2.05) is 12.1 Å². The van der Waals surface area contributed by atoms with Gasteiger partial charge in [-0.2, -0.15) is 5.26 Å². The van der Waals surface area contributed by atoms with Crippen LogP contribution < -0.4 is 10.1 Å². The van der Waals surface area contributed by atoms with Gasteiger partial charge in [-0.25, -0.2) is 4.39 Å². The van der Waals surface area contributed by atoms with E-state index in [2.05, 4.69) is 11.4 Å². The zero-order valence-corrected chi connectivity index (χ0v) is 21.6. The molecule has 1 aliphatic rings. The third-order valence-corrected chi connectivity index (χ3v) is 7.01. The second-order valence-electron chi connectivity index (χ2n) is 9.79. The summed E-state index contributed by atoms with van der Waals surface area (Å²) in [4.78, 5) is 25.0. The van der Waals surface area contributed by atoms with Crippen LogP contribution in [0.3, 0.4) is 0 Å². The zero-order chi connectivity index (χ0) is 27.7. The Bertz CT molecular complexity index is 1360. The number of nitrogens with zero attached hydrogens (tertiary/aromatic N) is 1. The molecule has 0 atom stereocenters. The number of aliphatic carboxylic acids is 1. The van der Waals surface area contributed by atoms with E-state index in [0.717, 1.165) is 11.1 Å². The second kappa shape index (κ2) is 13.0. The van der Waals surface area contributed by atoms with Gasteiger partial charge in [0.25, 0.3) is 5.91 Å². The van der Waals surface area contributed by atoms with Crippen LogP contribution in [0.2, 0.25) is 0 Å². The molecule has 1 heterocycles. The quantitative estimate of drug-likeness (QED) is 0.353. The van der Waals surface area contributed by atoms with Gasteiger partial charge in [-0.05, 0) is 85.2 Å². The molecule has 0 saturated carbocycles. The van der Waals surface area contributed by atoms with E-state index in [-0.39, 0.29) is 31.2 Å². The van der Waals surface area contributed by atoms with E-state index in [1.54, 1.807) is 42.5 Å². The van der Waals surface area contributed by atoms with Gasteiger partial charge in [-0.15, -0.1) is 0 Å². The summed E-state index contributed by atoms with van der Waals surface area (Å²) in [5.74, 6) is -0.987. The fourth-order valence-electron chi connectivity index (χ4n) is 4.79. The minimum absolute atomic E-state index is 0.102. The Hall–Kier alpha value is -4.22. The summed E-state index contributed by atoms with van der Waals surface area (Å²) in [5.41, 5.74) is 2.59. The van der Waals surface area contributed by atoms with Crippen molar-refractivity contribution in [3.8, 4) is 11.8 Å². The largest absolute Gasteiger partial charge is 0.489 e. The number of aryl methyl sites for hydroxylation is 2. The van der Waals surface area contributed by atoms with Crippen LogP contribution in [-0.2, 0) is 29.0 Å². The number of hydrogen-bond donors (Lipinski definition) is 2. The summed E-state index contributed by atoms with van der Waals surface area (Å²) in [6, 6.07) is 20.7. The number of rotatable bonds is 11. The third-order valence-electron chi connectivity index (χ3n) is 7.01. The number of carboxylic acids is 1. The Morgan fingerprint density at radius 2 is 1.82 bits per heavy atom. The first-order valence-corrected chi connectivity index (χ1v) is 13.0. The Balaban J connectivity index is 1.54. The Morgan fingerprint density at radius 3 is 2.56 bits per heavy atom. The number of amides is 1. The molecule has 1 amide bonds. The highest BCUT2D eigenvalue weighted by molar-refractivity contribution is 5.96. The highest BCUT2D eigenvalue weighted by Gasteiger charge is 2.34. The number of carbonyl (C=O) groups excluding carboxylic acids is 1. The lowest BCUT2D eigenvalue weighted by atomic mass is 9.83. The number of benzene rings is 3. The van der Waals surface area contributed by atoms with Crippen LogP contribution >= 0.6 is 0 Å². The van der Waals surface area contributed by atoms with Crippen molar-refractivity contribution in [2.75, 3.05) is 13.2 Å². The molecular weight excluding hydrogens is 499 g/mol. The van der Waals surface area contributed by atoms with Gasteiger partial charge in [0.2, 0.25) is 0 Å². The van der Waals surface area contributed by atoms with E-state index < -0.39 is 11.5 Å². The summed E-state index contributed by atoms with van der Waals surface area (Å²) < 4.78 is 25.1. The molecule has 0 unspecified atom stereocenters. The lowest BCUT2D eigenvalue weighted by molar-refractivity contribution is -0.136. The summed E-state index contributed by atoms with van der Waals surface area (Å²) in [5, 5.41) is 21.6. The van der Waals surface area contributed by atoms with Gasteiger partial charge in [-0.3, -0.25) is 9.59 Å². The fraction of sp³-hybridized carbons (Fsp3) is 0.323. The molecule has 0 aromatic heterocycles. The number of carbonyl (C=O) groups is 2. The molecule has 4 rings (SSSR count). The molecule has 1 aliphatic heterocycles. The highest BCUT2D eigenvalue weighted by Crippen LogP contribution is 2.28. The smallest absolute Gasteiger partial charge is 0.303 e. The minimum Gasteiger partial charge on any atom is -0.489 e. The van der Waals surface area contributed by atoms with Crippen molar-refractivity contribution in [2.24, 2.45) is 0 Å². The zero-order valence-electron chi connectivity index (χ0n) is 21.6. The van der Waals surface area contributed by atoms with E-state index in [0.29, 0.717) is 61.3 Å². The van der Waals surface area contributed by atoms with Crippen LogP contribution in [0.5, 0.6) is 5.75 Å². The Kier molecular flexibility index (Phi) is 9.29. The number of halogens is 1. The molecule has 1 fully saturated rings. The lowest BCUT2D eigenvalue weighted by Crippen LogP contribution is -2.52. The van der Waals surface area contributed by atoms with E-state index in [9.17, 15) is 19.1 Å². The molecule has 0 radical (unpaired) electrons. The minimum atomic E-state index is -0.942. The molecule has 0 spiro atoms. The average molecular weight is 531 g/mol. The van der Waals surface area contributed by atoms with E-state index in [4.69, 9.17) is 14.7 Å². The molecule has 3 aromatic rings. The van der Waals surface area contributed by atoms with Crippen LogP contribution in [0.25, 0.3) is 0 Å². The fourth-order valence-corrected chi connectivity index (χ4v) is 4.79.